The molecule has 0 saturated carbocycles. The van der Waals surface area contributed by atoms with Crippen LogP contribution in [0.3, 0.4) is 0 Å². The molecule has 0 spiro atoms. The van der Waals surface area contributed by atoms with E-state index >= 15 is 0 Å². The first-order valence-corrected chi connectivity index (χ1v) is 9.98. The number of hydrogen-bond acceptors (Lipinski definition) is 5. The first-order valence-electron chi connectivity index (χ1n) is 8.50. The monoisotopic (exact) mass is 390 g/mol. The predicted octanol–water partition coefficient (Wildman–Crippen LogP) is 3.46. The Balaban J connectivity index is 2.05. The van der Waals surface area contributed by atoms with Crippen molar-refractivity contribution in [3.63, 3.8) is 0 Å². The number of rotatable bonds is 7. The van der Waals surface area contributed by atoms with E-state index in [0.29, 0.717) is 12.2 Å². The molecule has 0 aliphatic carbocycles. The summed E-state index contributed by atoms with van der Waals surface area (Å²) in [6.07, 6.45) is 1.67. The van der Waals surface area contributed by atoms with Gasteiger partial charge in [0.15, 0.2) is 0 Å². The van der Waals surface area contributed by atoms with Crippen LogP contribution in [0.2, 0.25) is 0 Å². The minimum absolute atomic E-state index is 0.0217. The molecule has 7 nitrogen and oxygen atoms in total. The van der Waals surface area contributed by atoms with E-state index in [4.69, 9.17) is 4.74 Å². The predicted molar refractivity (Wildman–Crippen MR) is 102 cm³/mol. The van der Waals surface area contributed by atoms with E-state index in [1.807, 2.05) is 11.6 Å². The number of benzene rings is 2. The maximum absolute atomic E-state index is 12.3. The summed E-state index contributed by atoms with van der Waals surface area (Å²) in [5.41, 5.74) is 1.07. The fraction of sp³-hybridized carbons (Fsp3) is 0.263. The van der Waals surface area contributed by atoms with Gasteiger partial charge in [0.1, 0.15) is 0 Å². The number of esters is 1. The maximum atomic E-state index is 12.3. The van der Waals surface area contributed by atoms with Crippen molar-refractivity contribution in [2.24, 2.45) is 0 Å². The highest BCUT2D eigenvalue weighted by molar-refractivity contribution is 7.90. The maximum Gasteiger partial charge on any atom is 0.338 e. The molecule has 2 N–H and O–H groups in total. The molecule has 0 saturated heterocycles. The fourth-order valence-corrected chi connectivity index (χ4v) is 3.46. The molecule has 0 unspecified atom stereocenters. The number of nitrogens with one attached hydrogen (secondary N) is 2. The Morgan fingerprint density at radius 3 is 2.52 bits per heavy atom. The summed E-state index contributed by atoms with van der Waals surface area (Å²) >= 11 is 0. The number of amides is 2. The van der Waals surface area contributed by atoms with E-state index in [9.17, 15) is 18.0 Å². The van der Waals surface area contributed by atoms with E-state index in [1.165, 1.54) is 12.1 Å². The quantitative estimate of drug-likeness (QED) is 0.557. The van der Waals surface area contributed by atoms with Gasteiger partial charge in [-0.25, -0.2) is 22.7 Å². The zero-order chi connectivity index (χ0) is 19.9. The first kappa shape index (κ1) is 20.4. The van der Waals surface area contributed by atoms with Gasteiger partial charge in [-0.3, -0.25) is 0 Å². The molecule has 27 heavy (non-hydrogen) atoms. The molecule has 2 aromatic carbocycles. The Hall–Kier alpha value is -2.87. The third-order valence-corrected chi connectivity index (χ3v) is 5.19. The van der Waals surface area contributed by atoms with E-state index in [1.54, 1.807) is 43.3 Å². The molecule has 0 heterocycles. The smallest absolute Gasteiger partial charge is 0.338 e. The molecule has 144 valence electrons. The topological polar surface area (TPSA) is 102 Å². The van der Waals surface area contributed by atoms with Gasteiger partial charge in [-0.1, -0.05) is 37.6 Å². The van der Waals surface area contributed by atoms with Crippen LogP contribution < -0.4 is 10.0 Å². The van der Waals surface area contributed by atoms with Gasteiger partial charge >= 0.3 is 12.0 Å². The van der Waals surface area contributed by atoms with Crippen LogP contribution in [-0.2, 0) is 14.8 Å². The van der Waals surface area contributed by atoms with Crippen molar-refractivity contribution in [3.8, 4) is 0 Å². The van der Waals surface area contributed by atoms with Crippen molar-refractivity contribution < 1.29 is 22.7 Å². The molecule has 0 fully saturated rings. The molecule has 0 atom stereocenters. The summed E-state index contributed by atoms with van der Waals surface area (Å²) in [7, 11) is -4.01. The number of sulfonamides is 1. The average molecular weight is 390 g/mol. The van der Waals surface area contributed by atoms with Gasteiger partial charge in [0, 0.05) is 5.69 Å². The van der Waals surface area contributed by atoms with Crippen molar-refractivity contribution in [1.82, 2.24) is 4.72 Å². The Labute approximate surface area is 158 Å². The van der Waals surface area contributed by atoms with Crippen molar-refractivity contribution >= 4 is 27.7 Å². The normalized spacial score (nSPS) is 10.9. The zero-order valence-corrected chi connectivity index (χ0v) is 16.0. The van der Waals surface area contributed by atoms with Crippen molar-refractivity contribution in [1.29, 1.82) is 0 Å². The number of urea groups is 1. The van der Waals surface area contributed by atoms with Gasteiger partial charge in [0.2, 0.25) is 0 Å². The molecule has 0 aliphatic rings. The number of anilines is 1. The summed E-state index contributed by atoms with van der Waals surface area (Å²) in [5.74, 6) is -0.500. The van der Waals surface area contributed by atoms with Crippen LogP contribution in [-0.4, -0.2) is 27.0 Å². The summed E-state index contributed by atoms with van der Waals surface area (Å²) in [4.78, 5) is 24.1. The molecule has 0 radical (unpaired) electrons. The van der Waals surface area contributed by atoms with Crippen molar-refractivity contribution in [3.05, 3.63) is 59.7 Å². The summed E-state index contributed by atoms with van der Waals surface area (Å²) in [6.45, 7) is 3.95. The van der Waals surface area contributed by atoms with Gasteiger partial charge in [-0.05, 0) is 43.2 Å². The van der Waals surface area contributed by atoms with Crippen LogP contribution in [0, 0.1) is 6.92 Å². The highest BCUT2D eigenvalue weighted by atomic mass is 32.2. The summed E-state index contributed by atoms with van der Waals surface area (Å²) in [5, 5.41) is 2.41. The Morgan fingerprint density at radius 1 is 1.07 bits per heavy atom. The van der Waals surface area contributed by atoms with Crippen molar-refractivity contribution in [2.45, 2.75) is 31.6 Å². The van der Waals surface area contributed by atoms with E-state index in [2.05, 4.69) is 5.32 Å². The lowest BCUT2D eigenvalue weighted by atomic mass is 10.2. The van der Waals surface area contributed by atoms with Crippen molar-refractivity contribution in [2.75, 3.05) is 11.9 Å². The summed E-state index contributed by atoms with van der Waals surface area (Å²) < 4.78 is 31.7. The number of aryl methyl sites for hydroxylation is 1. The highest BCUT2D eigenvalue weighted by Gasteiger charge is 2.19. The third kappa shape index (κ3) is 5.82. The van der Waals surface area contributed by atoms with Crippen LogP contribution in [0.5, 0.6) is 0 Å². The number of unbranched alkanes of at least 4 members (excludes halogenated alkanes) is 1. The molecule has 0 aliphatic heterocycles. The van der Waals surface area contributed by atoms with Gasteiger partial charge in [0.25, 0.3) is 10.0 Å². The number of hydrogen-bond donors (Lipinski definition) is 2. The average Bonchev–Trinajstić information content (AvgIpc) is 2.61. The third-order valence-electron chi connectivity index (χ3n) is 3.70. The standard InChI is InChI=1S/C19H22N2O5S/c1-3-4-12-26-18(22)15-9-7-10-16(13-15)20-19(23)21-27(24,25)17-11-6-5-8-14(17)2/h5-11,13H,3-4,12H2,1-2H3,(H2,20,21,23). The number of ether oxygens (including phenoxy) is 1. The molecule has 2 rings (SSSR count). The molecule has 2 aromatic rings. The Bertz CT molecular complexity index is 925. The molecule has 8 heteroatoms. The molecular formula is C19H22N2O5S. The lowest BCUT2D eigenvalue weighted by Crippen LogP contribution is -2.34. The first-order chi connectivity index (χ1) is 12.8. The van der Waals surface area contributed by atoms with Crippen LogP contribution in [0.1, 0.15) is 35.7 Å². The lowest BCUT2D eigenvalue weighted by molar-refractivity contribution is 0.0499. The second kappa shape index (κ2) is 9.18. The Kier molecular flexibility index (Phi) is 6.95. The molecular weight excluding hydrogens is 368 g/mol. The molecule has 0 aromatic heterocycles. The zero-order valence-electron chi connectivity index (χ0n) is 15.2. The number of carbonyl (C=O) groups excluding carboxylic acids is 2. The highest BCUT2D eigenvalue weighted by Crippen LogP contribution is 2.15. The van der Waals surface area contributed by atoms with Gasteiger partial charge in [-0.15, -0.1) is 0 Å². The minimum Gasteiger partial charge on any atom is -0.462 e. The van der Waals surface area contributed by atoms with Crippen LogP contribution in [0.15, 0.2) is 53.4 Å². The SMILES string of the molecule is CCCCOC(=O)c1cccc(NC(=O)NS(=O)(=O)c2ccccc2C)c1. The van der Waals surface area contributed by atoms with Gasteiger partial charge in [0.05, 0.1) is 17.1 Å². The second-order valence-corrected chi connectivity index (χ2v) is 7.55. The van der Waals surface area contributed by atoms with Gasteiger partial charge in [-0.2, -0.15) is 0 Å². The lowest BCUT2D eigenvalue weighted by Gasteiger charge is -2.11. The van der Waals surface area contributed by atoms with Crippen LogP contribution >= 0.6 is 0 Å². The fourth-order valence-electron chi connectivity index (χ4n) is 2.31. The van der Waals surface area contributed by atoms with Crippen LogP contribution in [0.4, 0.5) is 10.5 Å². The van der Waals surface area contributed by atoms with E-state index < -0.39 is 22.0 Å². The summed E-state index contributed by atoms with van der Waals surface area (Å²) in [6, 6.07) is 11.5. The van der Waals surface area contributed by atoms with E-state index in [0.717, 1.165) is 12.8 Å². The molecule has 2 amide bonds. The Morgan fingerprint density at radius 2 is 1.81 bits per heavy atom. The van der Waals surface area contributed by atoms with E-state index in [-0.39, 0.29) is 16.1 Å². The number of carbonyl (C=O) groups is 2. The van der Waals surface area contributed by atoms with Crippen LogP contribution in [0.25, 0.3) is 0 Å². The molecule has 0 bridgehead atoms. The van der Waals surface area contributed by atoms with Gasteiger partial charge < -0.3 is 10.1 Å². The second-order valence-electron chi connectivity index (χ2n) is 5.90. The minimum atomic E-state index is -4.01. The largest absolute Gasteiger partial charge is 0.462 e.